The van der Waals surface area contributed by atoms with Gasteiger partial charge in [-0.2, -0.15) is 0 Å². The fraction of sp³-hybridized carbons (Fsp3) is 0.500. The molecule has 1 aliphatic carbocycles. The SMILES string of the molecule is Clc1cccc(C2=CCC3(CCNCC3)CC2)c1. The standard InChI is InChI=1S/C16H20ClN/c17-15-3-1-2-14(12-15)13-4-6-16(7-5-13)8-10-18-11-9-16/h1-4,12,18H,5-11H2. The van der Waals surface area contributed by atoms with Crippen LogP contribution >= 0.6 is 11.6 Å². The van der Waals surface area contributed by atoms with Crippen molar-refractivity contribution in [1.29, 1.82) is 0 Å². The van der Waals surface area contributed by atoms with E-state index >= 15 is 0 Å². The minimum atomic E-state index is 0.591. The second-order valence-corrected chi connectivity index (χ2v) is 6.13. The lowest BCUT2D eigenvalue weighted by atomic mass is 9.68. The van der Waals surface area contributed by atoms with Gasteiger partial charge in [0.05, 0.1) is 0 Å². The molecule has 1 fully saturated rings. The average Bonchev–Trinajstić information content (AvgIpc) is 2.40. The zero-order valence-electron chi connectivity index (χ0n) is 10.7. The molecule has 1 saturated heterocycles. The van der Waals surface area contributed by atoms with Crippen molar-refractivity contribution in [3.05, 3.63) is 40.9 Å². The summed E-state index contributed by atoms with van der Waals surface area (Å²) in [5.41, 5.74) is 3.39. The molecule has 0 aromatic heterocycles. The van der Waals surface area contributed by atoms with Crippen LogP contribution in [0.3, 0.4) is 0 Å². The fourth-order valence-electron chi connectivity index (χ4n) is 3.31. The zero-order valence-corrected chi connectivity index (χ0v) is 11.5. The monoisotopic (exact) mass is 261 g/mol. The summed E-state index contributed by atoms with van der Waals surface area (Å²) < 4.78 is 0. The molecule has 2 heteroatoms. The summed E-state index contributed by atoms with van der Waals surface area (Å²) in [5.74, 6) is 0. The minimum absolute atomic E-state index is 0.591. The van der Waals surface area contributed by atoms with Crippen LogP contribution in [-0.4, -0.2) is 13.1 Å². The fourth-order valence-corrected chi connectivity index (χ4v) is 3.50. The van der Waals surface area contributed by atoms with Crippen molar-refractivity contribution in [3.63, 3.8) is 0 Å². The van der Waals surface area contributed by atoms with Crippen LogP contribution < -0.4 is 5.32 Å². The van der Waals surface area contributed by atoms with Crippen molar-refractivity contribution >= 4 is 17.2 Å². The van der Waals surface area contributed by atoms with Gasteiger partial charge in [-0.15, -0.1) is 0 Å². The molecular weight excluding hydrogens is 242 g/mol. The van der Waals surface area contributed by atoms with Gasteiger partial charge in [0.15, 0.2) is 0 Å². The van der Waals surface area contributed by atoms with Gasteiger partial charge in [0.25, 0.3) is 0 Å². The van der Waals surface area contributed by atoms with Gasteiger partial charge in [0.2, 0.25) is 0 Å². The molecule has 18 heavy (non-hydrogen) atoms. The first-order valence-electron chi connectivity index (χ1n) is 6.93. The molecule has 1 heterocycles. The van der Waals surface area contributed by atoms with E-state index in [1.54, 1.807) is 0 Å². The Labute approximate surface area is 114 Å². The molecule has 96 valence electrons. The Balaban J connectivity index is 1.77. The second-order valence-electron chi connectivity index (χ2n) is 5.69. The van der Waals surface area contributed by atoms with E-state index in [0.29, 0.717) is 5.41 Å². The third-order valence-corrected chi connectivity index (χ3v) is 4.80. The third-order valence-electron chi connectivity index (χ3n) is 4.57. The predicted octanol–water partition coefficient (Wildman–Crippen LogP) is 4.28. The van der Waals surface area contributed by atoms with E-state index in [9.17, 15) is 0 Å². The highest BCUT2D eigenvalue weighted by Crippen LogP contribution is 2.44. The molecule has 1 aliphatic heterocycles. The van der Waals surface area contributed by atoms with Crippen molar-refractivity contribution in [3.8, 4) is 0 Å². The van der Waals surface area contributed by atoms with Gasteiger partial charge in [0.1, 0.15) is 0 Å². The van der Waals surface area contributed by atoms with Crippen LogP contribution in [0.4, 0.5) is 0 Å². The number of rotatable bonds is 1. The van der Waals surface area contributed by atoms with Crippen LogP contribution in [0.15, 0.2) is 30.3 Å². The summed E-state index contributed by atoms with van der Waals surface area (Å²) in [5, 5.41) is 4.31. The molecule has 3 rings (SSSR count). The van der Waals surface area contributed by atoms with E-state index in [4.69, 9.17) is 11.6 Å². The normalized spacial score (nSPS) is 22.8. The van der Waals surface area contributed by atoms with Crippen molar-refractivity contribution in [2.75, 3.05) is 13.1 Å². The van der Waals surface area contributed by atoms with Crippen LogP contribution in [0.5, 0.6) is 0 Å². The van der Waals surface area contributed by atoms with Gasteiger partial charge in [-0.3, -0.25) is 0 Å². The first-order valence-corrected chi connectivity index (χ1v) is 7.31. The third kappa shape index (κ3) is 2.48. The van der Waals surface area contributed by atoms with Crippen LogP contribution in [-0.2, 0) is 0 Å². The van der Waals surface area contributed by atoms with E-state index in [-0.39, 0.29) is 0 Å². The predicted molar refractivity (Wildman–Crippen MR) is 77.8 cm³/mol. The molecule has 0 amide bonds. The Kier molecular flexibility index (Phi) is 3.45. The molecule has 1 spiro atoms. The summed E-state index contributed by atoms with van der Waals surface area (Å²) in [4.78, 5) is 0. The highest BCUT2D eigenvalue weighted by atomic mass is 35.5. The molecule has 0 atom stereocenters. The summed E-state index contributed by atoms with van der Waals surface area (Å²) in [6, 6.07) is 8.27. The van der Waals surface area contributed by atoms with Crippen molar-refractivity contribution in [1.82, 2.24) is 5.32 Å². The summed E-state index contributed by atoms with van der Waals surface area (Å²) in [7, 11) is 0. The molecule has 1 N–H and O–H groups in total. The molecule has 0 bridgehead atoms. The Hall–Kier alpha value is -0.790. The lowest BCUT2D eigenvalue weighted by Gasteiger charge is -2.40. The number of nitrogens with one attached hydrogen (secondary N) is 1. The van der Waals surface area contributed by atoms with Gasteiger partial charge < -0.3 is 5.32 Å². The minimum Gasteiger partial charge on any atom is -0.317 e. The Bertz CT molecular complexity index is 458. The highest BCUT2D eigenvalue weighted by Gasteiger charge is 2.33. The van der Waals surface area contributed by atoms with E-state index in [2.05, 4.69) is 23.5 Å². The number of benzene rings is 1. The van der Waals surface area contributed by atoms with Gasteiger partial charge in [-0.05, 0) is 73.9 Å². The van der Waals surface area contributed by atoms with Crippen molar-refractivity contribution in [2.45, 2.75) is 32.1 Å². The van der Waals surface area contributed by atoms with E-state index in [0.717, 1.165) is 5.02 Å². The zero-order chi connectivity index (χ0) is 12.4. The number of halogens is 1. The topological polar surface area (TPSA) is 12.0 Å². The number of allylic oxidation sites excluding steroid dienone is 2. The van der Waals surface area contributed by atoms with E-state index in [1.165, 1.54) is 56.3 Å². The Morgan fingerprint density at radius 3 is 2.61 bits per heavy atom. The molecule has 0 unspecified atom stereocenters. The van der Waals surface area contributed by atoms with E-state index in [1.807, 2.05) is 12.1 Å². The summed E-state index contributed by atoms with van der Waals surface area (Å²) in [6.45, 7) is 2.39. The molecule has 1 nitrogen and oxygen atoms in total. The smallest absolute Gasteiger partial charge is 0.0412 e. The van der Waals surface area contributed by atoms with Gasteiger partial charge in [-0.25, -0.2) is 0 Å². The van der Waals surface area contributed by atoms with Crippen molar-refractivity contribution < 1.29 is 0 Å². The number of piperidine rings is 1. The second kappa shape index (κ2) is 5.07. The summed E-state index contributed by atoms with van der Waals surface area (Å²) >= 11 is 6.07. The Morgan fingerprint density at radius 2 is 1.94 bits per heavy atom. The summed E-state index contributed by atoms with van der Waals surface area (Å²) in [6.07, 6.45) is 8.93. The lowest BCUT2D eigenvalue weighted by molar-refractivity contribution is 0.184. The van der Waals surface area contributed by atoms with Gasteiger partial charge >= 0.3 is 0 Å². The van der Waals surface area contributed by atoms with Crippen LogP contribution in [0, 0.1) is 5.41 Å². The first kappa shape index (κ1) is 12.3. The molecule has 0 saturated carbocycles. The van der Waals surface area contributed by atoms with Crippen LogP contribution in [0.1, 0.15) is 37.7 Å². The van der Waals surface area contributed by atoms with Crippen LogP contribution in [0.2, 0.25) is 5.02 Å². The number of hydrogen-bond donors (Lipinski definition) is 1. The molecule has 0 radical (unpaired) electrons. The lowest BCUT2D eigenvalue weighted by Crippen LogP contribution is -2.37. The van der Waals surface area contributed by atoms with Crippen molar-refractivity contribution in [2.24, 2.45) is 5.41 Å². The maximum absolute atomic E-state index is 6.07. The maximum atomic E-state index is 6.07. The number of hydrogen-bond acceptors (Lipinski definition) is 1. The van der Waals surface area contributed by atoms with E-state index < -0.39 is 0 Å². The highest BCUT2D eigenvalue weighted by molar-refractivity contribution is 6.30. The Morgan fingerprint density at radius 1 is 1.11 bits per heavy atom. The maximum Gasteiger partial charge on any atom is 0.0412 e. The van der Waals surface area contributed by atoms with Gasteiger partial charge in [0, 0.05) is 5.02 Å². The largest absolute Gasteiger partial charge is 0.317 e. The molecule has 1 aromatic carbocycles. The van der Waals surface area contributed by atoms with Gasteiger partial charge in [-0.1, -0.05) is 29.8 Å². The first-order chi connectivity index (χ1) is 8.77. The molecule has 1 aromatic rings. The quantitative estimate of drug-likeness (QED) is 0.796. The molecular formula is C16H20ClN. The van der Waals surface area contributed by atoms with Crippen LogP contribution in [0.25, 0.3) is 5.57 Å². The molecule has 2 aliphatic rings. The average molecular weight is 262 g/mol.